The molecule has 6 heteroatoms. The summed E-state index contributed by atoms with van der Waals surface area (Å²) >= 11 is 0. The third kappa shape index (κ3) is 8.97. The number of methoxy groups -OCH3 is 1. The molecule has 1 aliphatic heterocycles. The second kappa shape index (κ2) is 12.6. The van der Waals surface area contributed by atoms with E-state index >= 15 is 0 Å². The molecule has 0 saturated carbocycles. The molecule has 2 N–H and O–H groups in total. The average Bonchev–Trinajstić information content (AvgIpc) is 2.40. The smallest absolute Gasteiger partial charge is 0.191 e. The lowest BCUT2D eigenvalue weighted by Crippen LogP contribution is -2.44. The fourth-order valence-corrected chi connectivity index (χ4v) is 2.33. The van der Waals surface area contributed by atoms with E-state index in [4.69, 9.17) is 4.74 Å². The Balaban J connectivity index is 0.00000361. The number of halogens is 1. The number of ether oxygens (including phenoxy) is 1. The number of aliphatic imine (C=N–C) groups is 1. The second-order valence-electron chi connectivity index (χ2n) is 5.16. The highest BCUT2D eigenvalue weighted by atomic mass is 127. The zero-order chi connectivity index (χ0) is 13.9. The fraction of sp³-hybridized carbons (Fsp3) is 0.929. The Kier molecular flexibility index (Phi) is 12.6. The summed E-state index contributed by atoms with van der Waals surface area (Å²) in [6.45, 7) is 10.2. The van der Waals surface area contributed by atoms with E-state index in [9.17, 15) is 0 Å². The van der Waals surface area contributed by atoms with Crippen LogP contribution in [0.4, 0.5) is 0 Å². The van der Waals surface area contributed by atoms with Gasteiger partial charge in [0.15, 0.2) is 5.96 Å². The van der Waals surface area contributed by atoms with Crippen molar-refractivity contribution in [2.75, 3.05) is 46.4 Å². The summed E-state index contributed by atoms with van der Waals surface area (Å²) in [5.41, 5.74) is 0. The van der Waals surface area contributed by atoms with Crippen LogP contribution < -0.4 is 10.6 Å². The molecular weight excluding hydrogens is 367 g/mol. The van der Waals surface area contributed by atoms with Crippen LogP contribution in [0.5, 0.6) is 0 Å². The van der Waals surface area contributed by atoms with Gasteiger partial charge in [-0.15, -0.1) is 24.0 Å². The van der Waals surface area contributed by atoms with E-state index in [1.165, 1.54) is 32.4 Å². The van der Waals surface area contributed by atoms with Gasteiger partial charge < -0.3 is 20.3 Å². The van der Waals surface area contributed by atoms with Gasteiger partial charge in [-0.3, -0.25) is 4.99 Å². The first-order chi connectivity index (χ1) is 9.26. The van der Waals surface area contributed by atoms with Gasteiger partial charge in [0.2, 0.25) is 0 Å². The predicted octanol–water partition coefficient (Wildman–Crippen LogP) is 1.68. The molecular formula is C14H31IN4O. The van der Waals surface area contributed by atoms with Crippen molar-refractivity contribution in [1.29, 1.82) is 0 Å². The number of nitrogens with zero attached hydrogens (tertiary/aromatic N) is 2. The molecule has 1 heterocycles. The number of hydrogen-bond acceptors (Lipinski definition) is 3. The lowest BCUT2D eigenvalue weighted by molar-refractivity contribution is 0.179. The van der Waals surface area contributed by atoms with Crippen LogP contribution in [0.15, 0.2) is 4.99 Å². The van der Waals surface area contributed by atoms with E-state index < -0.39 is 0 Å². The Hall–Kier alpha value is -0.0800. The van der Waals surface area contributed by atoms with Gasteiger partial charge in [-0.05, 0) is 39.8 Å². The number of guanidine groups is 1. The molecule has 1 atom stereocenters. The standard InChI is InChI=1S/C14H30N4O.HI/c1-4-15-14(17-13(2)12-19-3)16-8-11-18-9-6-5-7-10-18;/h13H,4-12H2,1-3H3,(H2,15,16,17);1H. The molecule has 20 heavy (non-hydrogen) atoms. The zero-order valence-electron chi connectivity index (χ0n) is 13.2. The van der Waals surface area contributed by atoms with E-state index in [-0.39, 0.29) is 30.0 Å². The molecule has 0 radical (unpaired) electrons. The molecule has 5 nitrogen and oxygen atoms in total. The first-order valence-corrected chi connectivity index (χ1v) is 7.52. The van der Waals surface area contributed by atoms with E-state index in [1.807, 2.05) is 0 Å². The van der Waals surface area contributed by atoms with Gasteiger partial charge in [-0.25, -0.2) is 0 Å². The largest absolute Gasteiger partial charge is 0.383 e. The van der Waals surface area contributed by atoms with Gasteiger partial charge in [-0.1, -0.05) is 6.42 Å². The molecule has 0 aromatic carbocycles. The first kappa shape index (κ1) is 19.9. The molecule has 0 aromatic heterocycles. The Morgan fingerprint density at radius 1 is 1.30 bits per heavy atom. The van der Waals surface area contributed by atoms with Gasteiger partial charge in [0.05, 0.1) is 13.2 Å². The minimum atomic E-state index is 0. The lowest BCUT2D eigenvalue weighted by atomic mass is 10.1. The molecule has 1 unspecified atom stereocenters. The number of likely N-dealkylation sites (tertiary alicyclic amines) is 1. The summed E-state index contributed by atoms with van der Waals surface area (Å²) < 4.78 is 5.13. The van der Waals surface area contributed by atoms with Gasteiger partial charge in [0, 0.05) is 26.2 Å². The van der Waals surface area contributed by atoms with Crippen LogP contribution in [-0.2, 0) is 4.74 Å². The summed E-state index contributed by atoms with van der Waals surface area (Å²) in [6.07, 6.45) is 4.07. The van der Waals surface area contributed by atoms with Crippen LogP contribution in [0.2, 0.25) is 0 Å². The molecule has 1 saturated heterocycles. The molecule has 1 fully saturated rings. The van der Waals surface area contributed by atoms with Crippen LogP contribution in [0.1, 0.15) is 33.1 Å². The van der Waals surface area contributed by atoms with Crippen LogP contribution >= 0.6 is 24.0 Å². The summed E-state index contributed by atoms with van der Waals surface area (Å²) in [6, 6.07) is 0.276. The highest BCUT2D eigenvalue weighted by Crippen LogP contribution is 2.07. The maximum atomic E-state index is 5.13. The summed E-state index contributed by atoms with van der Waals surface area (Å²) in [5.74, 6) is 0.893. The van der Waals surface area contributed by atoms with Gasteiger partial charge in [0.1, 0.15) is 0 Å². The normalized spacial score (nSPS) is 18.2. The number of piperidine rings is 1. The minimum Gasteiger partial charge on any atom is -0.383 e. The van der Waals surface area contributed by atoms with Crippen molar-refractivity contribution in [2.24, 2.45) is 4.99 Å². The van der Waals surface area contributed by atoms with Crippen molar-refractivity contribution in [1.82, 2.24) is 15.5 Å². The van der Waals surface area contributed by atoms with Crippen molar-refractivity contribution in [3.05, 3.63) is 0 Å². The maximum Gasteiger partial charge on any atom is 0.191 e. The van der Waals surface area contributed by atoms with Crippen LogP contribution in [0.3, 0.4) is 0 Å². The monoisotopic (exact) mass is 398 g/mol. The SMILES string of the molecule is CCNC(=NCCN1CCCCC1)NC(C)COC.I. The van der Waals surface area contributed by atoms with Crippen molar-refractivity contribution < 1.29 is 4.74 Å². The molecule has 0 aliphatic carbocycles. The van der Waals surface area contributed by atoms with Crippen molar-refractivity contribution >= 4 is 29.9 Å². The first-order valence-electron chi connectivity index (χ1n) is 7.52. The summed E-state index contributed by atoms with van der Waals surface area (Å²) in [7, 11) is 1.72. The van der Waals surface area contributed by atoms with Crippen LogP contribution in [0, 0.1) is 0 Å². The molecule has 1 rings (SSSR count). The second-order valence-corrected chi connectivity index (χ2v) is 5.16. The molecule has 120 valence electrons. The maximum absolute atomic E-state index is 5.13. The van der Waals surface area contributed by atoms with Crippen LogP contribution in [0.25, 0.3) is 0 Å². The van der Waals surface area contributed by atoms with Gasteiger partial charge >= 0.3 is 0 Å². The topological polar surface area (TPSA) is 48.9 Å². The third-order valence-electron chi connectivity index (χ3n) is 3.28. The Bertz CT molecular complexity index is 258. The highest BCUT2D eigenvalue weighted by molar-refractivity contribution is 14.0. The van der Waals surface area contributed by atoms with Crippen molar-refractivity contribution in [3.63, 3.8) is 0 Å². The van der Waals surface area contributed by atoms with E-state index in [1.54, 1.807) is 7.11 Å². The predicted molar refractivity (Wildman–Crippen MR) is 96.2 cm³/mol. The molecule has 0 bridgehead atoms. The number of nitrogens with one attached hydrogen (secondary N) is 2. The Morgan fingerprint density at radius 3 is 2.60 bits per heavy atom. The average molecular weight is 398 g/mol. The van der Waals surface area contributed by atoms with E-state index in [0.717, 1.165) is 25.6 Å². The van der Waals surface area contributed by atoms with Gasteiger partial charge in [-0.2, -0.15) is 0 Å². The summed E-state index contributed by atoms with van der Waals surface area (Å²) in [4.78, 5) is 7.14. The van der Waals surface area contributed by atoms with Gasteiger partial charge in [0.25, 0.3) is 0 Å². The number of rotatable bonds is 7. The number of hydrogen-bond donors (Lipinski definition) is 2. The van der Waals surface area contributed by atoms with E-state index in [0.29, 0.717) is 6.61 Å². The molecule has 0 aromatic rings. The Morgan fingerprint density at radius 2 is 2.00 bits per heavy atom. The lowest BCUT2D eigenvalue weighted by Gasteiger charge is -2.25. The van der Waals surface area contributed by atoms with E-state index in [2.05, 4.69) is 34.4 Å². The van der Waals surface area contributed by atoms with Crippen molar-refractivity contribution in [2.45, 2.75) is 39.2 Å². The third-order valence-corrected chi connectivity index (χ3v) is 3.28. The quantitative estimate of drug-likeness (QED) is 0.389. The molecule has 0 amide bonds. The van der Waals surface area contributed by atoms with Crippen LogP contribution in [-0.4, -0.2) is 63.3 Å². The van der Waals surface area contributed by atoms with Crippen molar-refractivity contribution in [3.8, 4) is 0 Å². The fourth-order valence-electron chi connectivity index (χ4n) is 2.33. The minimum absolute atomic E-state index is 0. The Labute approximate surface area is 140 Å². The highest BCUT2D eigenvalue weighted by Gasteiger charge is 2.09. The molecule has 1 aliphatic rings. The zero-order valence-corrected chi connectivity index (χ0v) is 15.5. The molecule has 0 spiro atoms. The summed E-state index contributed by atoms with van der Waals surface area (Å²) in [5, 5.41) is 6.63.